The number of thioether (sulfide) groups is 1. The number of sulfone groups is 1. The van der Waals surface area contributed by atoms with E-state index in [0.717, 1.165) is 17.3 Å². The maximum Gasteiger partial charge on any atom is 0.237 e. The summed E-state index contributed by atoms with van der Waals surface area (Å²) in [6, 6.07) is 8.67. The average Bonchev–Trinajstić information content (AvgIpc) is 3.25. The number of hydrogen-bond donors (Lipinski definition) is 1. The zero-order valence-corrected chi connectivity index (χ0v) is 19.8. The molecule has 0 spiro atoms. The Kier molecular flexibility index (Phi) is 7.06. The molecule has 168 valence electrons. The Hall–Kier alpha value is -3.10. The molecular formula is C21H23N5O4S2. The molecule has 9 nitrogen and oxygen atoms in total. The number of anilines is 1. The number of carbonyl (C=O) groups is 1. The predicted molar refractivity (Wildman–Crippen MR) is 120 cm³/mol. The minimum atomic E-state index is -3.59. The molecule has 0 atom stereocenters. The summed E-state index contributed by atoms with van der Waals surface area (Å²) in [6.07, 6.45) is 0. The molecule has 0 aliphatic carbocycles. The fourth-order valence-electron chi connectivity index (χ4n) is 2.99. The molecule has 0 radical (unpaired) electrons. The van der Waals surface area contributed by atoms with Crippen molar-refractivity contribution < 1.29 is 17.6 Å². The van der Waals surface area contributed by atoms with Gasteiger partial charge in [0.1, 0.15) is 29.0 Å². The van der Waals surface area contributed by atoms with Crippen LogP contribution in [0, 0.1) is 32.1 Å². The first-order valence-electron chi connectivity index (χ1n) is 9.80. The van der Waals surface area contributed by atoms with Crippen molar-refractivity contribution in [2.24, 2.45) is 0 Å². The van der Waals surface area contributed by atoms with Gasteiger partial charge in [-0.2, -0.15) is 5.26 Å². The van der Waals surface area contributed by atoms with E-state index in [0.29, 0.717) is 34.4 Å². The maximum atomic E-state index is 12.8. The molecule has 0 saturated heterocycles. The lowest BCUT2D eigenvalue weighted by atomic mass is 10.2. The Morgan fingerprint density at radius 2 is 1.91 bits per heavy atom. The SMILES string of the molecule is CCn1c(CS(=O)(=O)c2ccc(C)cc2)nnc1SCC(=O)Nc1oc(C)c(C)c1C#N. The van der Waals surface area contributed by atoms with Crippen LogP contribution in [0.3, 0.4) is 0 Å². The van der Waals surface area contributed by atoms with Crippen LogP contribution in [0.4, 0.5) is 5.88 Å². The smallest absolute Gasteiger partial charge is 0.237 e. The first-order chi connectivity index (χ1) is 15.2. The zero-order valence-electron chi connectivity index (χ0n) is 18.2. The van der Waals surface area contributed by atoms with Crippen molar-refractivity contribution in [2.45, 2.75) is 50.0 Å². The van der Waals surface area contributed by atoms with Crippen molar-refractivity contribution in [3.8, 4) is 6.07 Å². The normalized spacial score (nSPS) is 11.3. The van der Waals surface area contributed by atoms with Gasteiger partial charge in [-0.25, -0.2) is 8.42 Å². The van der Waals surface area contributed by atoms with E-state index >= 15 is 0 Å². The van der Waals surface area contributed by atoms with Crippen molar-refractivity contribution in [2.75, 3.05) is 11.1 Å². The summed E-state index contributed by atoms with van der Waals surface area (Å²) in [7, 11) is -3.59. The van der Waals surface area contributed by atoms with Gasteiger partial charge < -0.3 is 8.98 Å². The molecule has 0 saturated carbocycles. The van der Waals surface area contributed by atoms with E-state index in [-0.39, 0.29) is 28.2 Å². The van der Waals surface area contributed by atoms with Crippen LogP contribution in [-0.4, -0.2) is 34.8 Å². The van der Waals surface area contributed by atoms with Crippen LogP contribution >= 0.6 is 11.8 Å². The lowest BCUT2D eigenvalue weighted by Gasteiger charge is -2.08. The third-order valence-corrected chi connectivity index (χ3v) is 7.49. The van der Waals surface area contributed by atoms with Crippen LogP contribution < -0.4 is 5.32 Å². The molecule has 0 fully saturated rings. The average molecular weight is 474 g/mol. The highest BCUT2D eigenvalue weighted by atomic mass is 32.2. The lowest BCUT2D eigenvalue weighted by molar-refractivity contribution is -0.113. The summed E-state index contributed by atoms with van der Waals surface area (Å²) in [5, 5.41) is 20.4. The number of furan rings is 1. The molecule has 0 aliphatic heterocycles. The number of carbonyl (C=O) groups excluding carboxylic acids is 1. The number of rotatable bonds is 8. The quantitative estimate of drug-likeness (QED) is 0.493. The van der Waals surface area contributed by atoms with Crippen molar-refractivity contribution in [3.05, 3.63) is 52.5 Å². The van der Waals surface area contributed by atoms with E-state index in [2.05, 4.69) is 15.5 Å². The van der Waals surface area contributed by atoms with Crippen molar-refractivity contribution >= 4 is 33.4 Å². The van der Waals surface area contributed by atoms with Gasteiger partial charge in [0.15, 0.2) is 15.0 Å². The molecule has 1 N–H and O–H groups in total. The zero-order chi connectivity index (χ0) is 23.5. The Balaban J connectivity index is 1.70. The summed E-state index contributed by atoms with van der Waals surface area (Å²) in [6.45, 7) is 7.65. The molecule has 32 heavy (non-hydrogen) atoms. The van der Waals surface area contributed by atoms with Crippen LogP contribution in [0.2, 0.25) is 0 Å². The van der Waals surface area contributed by atoms with Crippen molar-refractivity contribution in [1.82, 2.24) is 14.8 Å². The molecule has 3 rings (SSSR count). The molecule has 0 aliphatic rings. The summed E-state index contributed by atoms with van der Waals surface area (Å²) >= 11 is 1.13. The number of nitrogens with zero attached hydrogens (tertiary/aromatic N) is 4. The maximum absolute atomic E-state index is 12.8. The predicted octanol–water partition coefficient (Wildman–Crippen LogP) is 3.39. The first kappa shape index (κ1) is 23.6. The van der Waals surface area contributed by atoms with E-state index in [1.807, 2.05) is 19.9 Å². The Morgan fingerprint density at radius 1 is 1.22 bits per heavy atom. The van der Waals surface area contributed by atoms with Gasteiger partial charge in [0, 0.05) is 12.1 Å². The van der Waals surface area contributed by atoms with Gasteiger partial charge in [-0.15, -0.1) is 10.2 Å². The molecule has 2 heterocycles. The fraction of sp³-hybridized carbons (Fsp3) is 0.333. The van der Waals surface area contributed by atoms with Gasteiger partial charge in [-0.1, -0.05) is 29.5 Å². The third-order valence-electron chi connectivity index (χ3n) is 4.89. The van der Waals surface area contributed by atoms with Gasteiger partial charge >= 0.3 is 0 Å². The number of nitriles is 1. The van der Waals surface area contributed by atoms with E-state index < -0.39 is 9.84 Å². The standard InChI is InChI=1S/C21H23N5O4S2/c1-5-26-18(12-32(28,29)16-8-6-13(2)7-9-16)24-25-21(26)31-11-19(27)23-20-17(10-22)14(3)15(4)30-20/h6-9H,5,11-12H2,1-4H3,(H,23,27). The second-order valence-corrected chi connectivity index (χ2v) is 10.1. The molecule has 1 amide bonds. The second kappa shape index (κ2) is 9.58. The molecule has 0 unspecified atom stereocenters. The minimum absolute atomic E-state index is 0.00743. The number of amides is 1. The highest BCUT2D eigenvalue weighted by molar-refractivity contribution is 7.99. The fourth-order valence-corrected chi connectivity index (χ4v) is 5.08. The minimum Gasteiger partial charge on any atom is -0.444 e. The topological polar surface area (TPSA) is 131 Å². The van der Waals surface area contributed by atoms with Crippen LogP contribution in [0.25, 0.3) is 0 Å². The van der Waals surface area contributed by atoms with Gasteiger partial charge in [-0.05, 0) is 39.8 Å². The largest absolute Gasteiger partial charge is 0.444 e. The van der Waals surface area contributed by atoms with Crippen LogP contribution in [0.15, 0.2) is 38.7 Å². The lowest BCUT2D eigenvalue weighted by Crippen LogP contribution is -2.15. The molecular weight excluding hydrogens is 450 g/mol. The van der Waals surface area contributed by atoms with Gasteiger partial charge in [0.25, 0.3) is 0 Å². The number of hydrogen-bond acceptors (Lipinski definition) is 8. The number of aromatic nitrogens is 3. The van der Waals surface area contributed by atoms with Gasteiger partial charge in [0.2, 0.25) is 11.8 Å². The Morgan fingerprint density at radius 3 is 2.53 bits per heavy atom. The second-order valence-electron chi connectivity index (χ2n) is 7.15. The highest BCUT2D eigenvalue weighted by Crippen LogP contribution is 2.26. The molecule has 1 aromatic carbocycles. The Labute approximate surface area is 190 Å². The van der Waals surface area contributed by atoms with E-state index in [1.54, 1.807) is 42.7 Å². The van der Waals surface area contributed by atoms with Gasteiger partial charge in [-0.3, -0.25) is 10.1 Å². The van der Waals surface area contributed by atoms with Crippen LogP contribution in [0.5, 0.6) is 0 Å². The molecule has 0 bridgehead atoms. The molecule has 3 aromatic rings. The monoisotopic (exact) mass is 473 g/mol. The van der Waals surface area contributed by atoms with Crippen LogP contribution in [-0.2, 0) is 26.9 Å². The number of benzene rings is 1. The summed E-state index contributed by atoms with van der Waals surface area (Å²) < 4.78 is 32.6. The van der Waals surface area contributed by atoms with E-state index in [4.69, 9.17) is 4.42 Å². The van der Waals surface area contributed by atoms with E-state index in [9.17, 15) is 18.5 Å². The summed E-state index contributed by atoms with van der Waals surface area (Å²) in [4.78, 5) is 12.6. The van der Waals surface area contributed by atoms with Gasteiger partial charge in [0.05, 0.1) is 10.6 Å². The van der Waals surface area contributed by atoms with Crippen molar-refractivity contribution in [3.63, 3.8) is 0 Å². The highest BCUT2D eigenvalue weighted by Gasteiger charge is 2.22. The molecule has 2 aromatic heterocycles. The van der Waals surface area contributed by atoms with Crippen molar-refractivity contribution in [1.29, 1.82) is 5.26 Å². The summed E-state index contributed by atoms with van der Waals surface area (Å²) in [5.41, 5.74) is 1.95. The van der Waals surface area contributed by atoms with E-state index in [1.165, 1.54) is 0 Å². The van der Waals surface area contributed by atoms with Crippen LogP contribution in [0.1, 0.15) is 35.2 Å². The molecule has 11 heteroatoms. The summed E-state index contributed by atoms with van der Waals surface area (Å²) in [5.74, 6) is 0.316. The number of nitrogens with one attached hydrogen (secondary N) is 1. The Bertz CT molecular complexity index is 1280. The number of aryl methyl sites for hydroxylation is 2. The first-order valence-corrected chi connectivity index (χ1v) is 12.4. The third kappa shape index (κ3) is 5.03.